The molecule has 0 bridgehead atoms. The van der Waals surface area contributed by atoms with Gasteiger partial charge in [-0.15, -0.1) is 0 Å². The standard InChI is InChI=1S/C7H6F2N2/c1-10-11-6-4-2-3-5(8)7(6)9/h2-4,11H,1H2. The minimum atomic E-state index is -0.945. The SMILES string of the molecule is C=NNc1cccc(F)c1F. The first-order valence-corrected chi connectivity index (χ1v) is 2.91. The second-order valence-electron chi connectivity index (χ2n) is 1.87. The van der Waals surface area contributed by atoms with Gasteiger partial charge in [0.25, 0.3) is 0 Å². The highest BCUT2D eigenvalue weighted by Gasteiger charge is 2.04. The first kappa shape index (κ1) is 7.65. The van der Waals surface area contributed by atoms with Crippen molar-refractivity contribution in [3.63, 3.8) is 0 Å². The molecule has 0 spiro atoms. The van der Waals surface area contributed by atoms with E-state index in [1.54, 1.807) is 0 Å². The maximum absolute atomic E-state index is 12.7. The number of anilines is 1. The number of nitrogens with one attached hydrogen (secondary N) is 1. The highest BCUT2D eigenvalue weighted by molar-refractivity contribution is 5.45. The van der Waals surface area contributed by atoms with Crippen LogP contribution in [0.3, 0.4) is 0 Å². The van der Waals surface area contributed by atoms with E-state index in [9.17, 15) is 8.78 Å². The lowest BCUT2D eigenvalue weighted by Crippen LogP contribution is -1.93. The molecule has 0 aliphatic rings. The van der Waals surface area contributed by atoms with Crippen LogP contribution in [0.5, 0.6) is 0 Å². The third-order valence-corrected chi connectivity index (χ3v) is 1.15. The molecule has 0 aromatic heterocycles. The Morgan fingerprint density at radius 3 is 2.73 bits per heavy atom. The van der Waals surface area contributed by atoms with Crippen LogP contribution in [0.15, 0.2) is 23.3 Å². The van der Waals surface area contributed by atoms with Crippen LogP contribution in [-0.2, 0) is 0 Å². The molecule has 0 saturated carbocycles. The lowest BCUT2D eigenvalue weighted by atomic mass is 10.3. The first-order valence-electron chi connectivity index (χ1n) is 2.91. The second-order valence-corrected chi connectivity index (χ2v) is 1.87. The molecule has 1 aromatic carbocycles. The third-order valence-electron chi connectivity index (χ3n) is 1.15. The zero-order valence-electron chi connectivity index (χ0n) is 5.64. The normalized spacial score (nSPS) is 9.27. The molecule has 2 nitrogen and oxygen atoms in total. The van der Waals surface area contributed by atoms with Gasteiger partial charge in [0, 0.05) is 6.72 Å². The van der Waals surface area contributed by atoms with Gasteiger partial charge in [-0.25, -0.2) is 8.78 Å². The molecule has 11 heavy (non-hydrogen) atoms. The average Bonchev–Trinajstić information content (AvgIpc) is 1.99. The topological polar surface area (TPSA) is 24.4 Å². The minimum absolute atomic E-state index is 0.0139. The summed E-state index contributed by atoms with van der Waals surface area (Å²) in [7, 11) is 0. The minimum Gasteiger partial charge on any atom is -0.276 e. The highest BCUT2D eigenvalue weighted by atomic mass is 19.2. The monoisotopic (exact) mass is 156 g/mol. The Labute approximate surface area is 62.5 Å². The zero-order chi connectivity index (χ0) is 8.27. The van der Waals surface area contributed by atoms with Crippen LogP contribution in [0, 0.1) is 11.6 Å². The van der Waals surface area contributed by atoms with Crippen LogP contribution >= 0.6 is 0 Å². The van der Waals surface area contributed by atoms with Crippen molar-refractivity contribution in [2.45, 2.75) is 0 Å². The number of hydrogen-bond donors (Lipinski definition) is 1. The van der Waals surface area contributed by atoms with E-state index in [1.807, 2.05) is 0 Å². The Morgan fingerprint density at radius 2 is 2.09 bits per heavy atom. The van der Waals surface area contributed by atoms with Gasteiger partial charge in [-0.05, 0) is 12.1 Å². The Morgan fingerprint density at radius 1 is 1.36 bits per heavy atom. The lowest BCUT2D eigenvalue weighted by Gasteiger charge is -2.00. The van der Waals surface area contributed by atoms with Crippen molar-refractivity contribution in [1.82, 2.24) is 0 Å². The van der Waals surface area contributed by atoms with Crippen molar-refractivity contribution >= 4 is 12.4 Å². The summed E-state index contributed by atoms with van der Waals surface area (Å²) in [5, 5.41) is 3.20. The fourth-order valence-electron chi connectivity index (χ4n) is 0.675. The van der Waals surface area contributed by atoms with E-state index in [2.05, 4.69) is 17.2 Å². The fourth-order valence-corrected chi connectivity index (χ4v) is 0.675. The van der Waals surface area contributed by atoms with Gasteiger partial charge in [0.1, 0.15) is 0 Å². The smallest absolute Gasteiger partial charge is 0.183 e. The molecule has 0 amide bonds. The summed E-state index contributed by atoms with van der Waals surface area (Å²) >= 11 is 0. The number of hydrazone groups is 1. The van der Waals surface area contributed by atoms with Gasteiger partial charge in [-0.3, -0.25) is 5.43 Å². The van der Waals surface area contributed by atoms with E-state index in [1.165, 1.54) is 12.1 Å². The summed E-state index contributed by atoms with van der Waals surface area (Å²) in [4.78, 5) is 0. The Kier molecular flexibility index (Phi) is 2.15. The van der Waals surface area contributed by atoms with E-state index in [4.69, 9.17) is 0 Å². The summed E-state index contributed by atoms with van der Waals surface area (Å²) in [6, 6.07) is 3.78. The molecule has 0 unspecified atom stereocenters. The number of benzene rings is 1. The highest BCUT2D eigenvalue weighted by Crippen LogP contribution is 2.15. The van der Waals surface area contributed by atoms with Crippen molar-refractivity contribution in [2.75, 3.05) is 5.43 Å². The molecule has 1 aromatic rings. The van der Waals surface area contributed by atoms with Gasteiger partial charge < -0.3 is 0 Å². The van der Waals surface area contributed by atoms with Crippen molar-refractivity contribution in [3.05, 3.63) is 29.8 Å². The van der Waals surface area contributed by atoms with Crippen molar-refractivity contribution in [2.24, 2.45) is 5.10 Å². The first-order chi connectivity index (χ1) is 5.25. The molecule has 0 radical (unpaired) electrons. The summed E-state index contributed by atoms with van der Waals surface area (Å²) in [5.41, 5.74) is 2.20. The quantitative estimate of drug-likeness (QED) is 0.514. The Hall–Kier alpha value is -1.45. The number of nitrogens with zero attached hydrogens (tertiary/aromatic N) is 1. The number of rotatable bonds is 2. The van der Waals surface area contributed by atoms with Gasteiger partial charge >= 0.3 is 0 Å². The van der Waals surface area contributed by atoms with E-state index in [-0.39, 0.29) is 5.69 Å². The van der Waals surface area contributed by atoms with E-state index in [0.717, 1.165) is 6.07 Å². The lowest BCUT2D eigenvalue weighted by molar-refractivity contribution is 0.511. The molecule has 0 fully saturated rings. The van der Waals surface area contributed by atoms with Gasteiger partial charge in [0.15, 0.2) is 11.6 Å². The Balaban J connectivity index is 3.05. The predicted octanol–water partition coefficient (Wildman–Crippen LogP) is 1.99. The molecule has 1 N–H and O–H groups in total. The molecule has 58 valence electrons. The maximum Gasteiger partial charge on any atom is 0.183 e. The third kappa shape index (κ3) is 1.52. The van der Waals surface area contributed by atoms with Crippen LogP contribution in [0.25, 0.3) is 0 Å². The van der Waals surface area contributed by atoms with Gasteiger partial charge in [0.05, 0.1) is 5.69 Å². The molecule has 4 heteroatoms. The van der Waals surface area contributed by atoms with Crippen LogP contribution in [0.2, 0.25) is 0 Å². The molecule has 0 aliphatic carbocycles. The summed E-state index contributed by atoms with van der Waals surface area (Å²) < 4.78 is 25.1. The number of hydrogen-bond acceptors (Lipinski definition) is 2. The Bertz CT molecular complexity index is 273. The van der Waals surface area contributed by atoms with E-state index < -0.39 is 11.6 Å². The van der Waals surface area contributed by atoms with Crippen LogP contribution < -0.4 is 5.43 Å². The molecule has 0 aliphatic heterocycles. The van der Waals surface area contributed by atoms with Crippen LogP contribution in [0.4, 0.5) is 14.5 Å². The van der Waals surface area contributed by atoms with Crippen LogP contribution in [-0.4, -0.2) is 6.72 Å². The maximum atomic E-state index is 12.7. The average molecular weight is 156 g/mol. The number of halogens is 2. The molecular formula is C7H6F2N2. The fraction of sp³-hybridized carbons (Fsp3) is 0. The van der Waals surface area contributed by atoms with Gasteiger partial charge in [0.2, 0.25) is 0 Å². The van der Waals surface area contributed by atoms with E-state index in [0.29, 0.717) is 0 Å². The molecule has 0 atom stereocenters. The second kappa shape index (κ2) is 3.09. The summed E-state index contributed by atoms with van der Waals surface area (Å²) in [6.07, 6.45) is 0. The van der Waals surface area contributed by atoms with Crippen molar-refractivity contribution in [1.29, 1.82) is 0 Å². The zero-order valence-corrected chi connectivity index (χ0v) is 5.64. The van der Waals surface area contributed by atoms with E-state index >= 15 is 0 Å². The summed E-state index contributed by atoms with van der Waals surface area (Å²) in [5.74, 6) is -1.85. The summed E-state index contributed by atoms with van der Waals surface area (Å²) in [6.45, 7) is 3.08. The largest absolute Gasteiger partial charge is 0.276 e. The predicted molar refractivity (Wildman–Crippen MR) is 39.5 cm³/mol. The molecule has 0 saturated heterocycles. The van der Waals surface area contributed by atoms with Gasteiger partial charge in [-0.2, -0.15) is 5.10 Å². The molecule has 0 heterocycles. The van der Waals surface area contributed by atoms with Crippen molar-refractivity contribution < 1.29 is 8.78 Å². The van der Waals surface area contributed by atoms with Crippen LogP contribution in [0.1, 0.15) is 0 Å². The molecular weight excluding hydrogens is 150 g/mol. The molecule has 1 rings (SSSR count). The van der Waals surface area contributed by atoms with Crippen molar-refractivity contribution in [3.8, 4) is 0 Å². The van der Waals surface area contributed by atoms with Gasteiger partial charge in [-0.1, -0.05) is 6.07 Å².